The lowest BCUT2D eigenvalue weighted by molar-refractivity contribution is -0.0780. The monoisotopic (exact) mass is 562 g/mol. The van der Waals surface area contributed by atoms with Crippen molar-refractivity contribution >= 4 is 27.9 Å². The van der Waals surface area contributed by atoms with Crippen molar-refractivity contribution in [2.24, 2.45) is 5.92 Å². The first-order valence-corrected chi connectivity index (χ1v) is 14.4. The van der Waals surface area contributed by atoms with Crippen molar-refractivity contribution < 1.29 is 36.9 Å². The third-order valence-corrected chi connectivity index (χ3v) is 9.04. The maximum atomic E-state index is 14.3. The number of fused-ring (bicyclic) bond motifs is 3. The number of carbonyl (C=O) groups excluding carboxylic acids is 1. The number of nitrogens with zero attached hydrogens (tertiary/aromatic N) is 2. The Hall–Kier alpha value is -2.99. The molecule has 3 unspecified atom stereocenters. The van der Waals surface area contributed by atoms with Crippen LogP contribution in [0.5, 0.6) is 5.75 Å². The molecule has 39 heavy (non-hydrogen) atoms. The number of hydrogen-bond acceptors (Lipinski definition) is 8. The van der Waals surface area contributed by atoms with E-state index >= 15 is 0 Å². The van der Waals surface area contributed by atoms with Crippen LogP contribution >= 0.6 is 0 Å². The summed E-state index contributed by atoms with van der Waals surface area (Å²) in [5, 5.41) is 10.8. The van der Waals surface area contributed by atoms with Crippen molar-refractivity contribution in [3.05, 3.63) is 58.9 Å². The number of rotatable bonds is 11. The third kappa shape index (κ3) is 5.81. The normalized spacial score (nSPS) is 18.8. The van der Waals surface area contributed by atoms with Crippen LogP contribution < -0.4 is 9.04 Å². The smallest absolute Gasteiger partial charge is 0.428 e. The minimum atomic E-state index is -4.66. The molecule has 1 fully saturated rings. The number of methoxy groups -OCH3 is 2. The van der Waals surface area contributed by atoms with Gasteiger partial charge in [-0.1, -0.05) is 32.1 Å². The molecular formula is C28H35FN2O7S. The highest BCUT2D eigenvalue weighted by molar-refractivity contribution is 7.93. The Kier molecular flexibility index (Phi) is 8.95. The van der Waals surface area contributed by atoms with E-state index in [4.69, 9.17) is 14.2 Å². The SMILES string of the molecule is CCN(CC)CC/C=C\c1cc(F)ccc1S(=O)(=O)N(C(=O)OC)c1ccc2c(c1C(O)OC)OCC1CC21. The summed E-state index contributed by atoms with van der Waals surface area (Å²) < 4.78 is 58.9. The first kappa shape index (κ1) is 29.0. The van der Waals surface area contributed by atoms with Crippen LogP contribution in [-0.2, 0) is 19.5 Å². The predicted octanol–water partition coefficient (Wildman–Crippen LogP) is 4.67. The lowest BCUT2D eigenvalue weighted by atomic mass is 9.99. The van der Waals surface area contributed by atoms with Gasteiger partial charge in [-0.05, 0) is 67.2 Å². The number of aliphatic hydroxyl groups is 1. The molecule has 1 amide bonds. The molecule has 0 radical (unpaired) electrons. The highest BCUT2D eigenvalue weighted by Crippen LogP contribution is 2.56. The summed E-state index contributed by atoms with van der Waals surface area (Å²) in [5.74, 6) is 0.268. The van der Waals surface area contributed by atoms with Crippen molar-refractivity contribution in [3.8, 4) is 5.75 Å². The average Bonchev–Trinajstić information content (AvgIpc) is 3.72. The van der Waals surface area contributed by atoms with Crippen LogP contribution in [0.25, 0.3) is 6.08 Å². The van der Waals surface area contributed by atoms with Crippen LogP contribution in [0.1, 0.15) is 55.6 Å². The lowest BCUT2D eigenvalue weighted by Crippen LogP contribution is -2.38. The van der Waals surface area contributed by atoms with Crippen LogP contribution in [0, 0.1) is 11.7 Å². The van der Waals surface area contributed by atoms with Gasteiger partial charge in [0.15, 0.2) is 6.29 Å². The van der Waals surface area contributed by atoms with Crippen LogP contribution in [0.15, 0.2) is 41.3 Å². The van der Waals surface area contributed by atoms with Gasteiger partial charge in [-0.25, -0.2) is 17.6 Å². The second-order valence-corrected chi connectivity index (χ2v) is 11.3. The maximum Gasteiger partial charge on any atom is 0.428 e. The van der Waals surface area contributed by atoms with Crippen molar-refractivity contribution in [2.45, 2.75) is 43.8 Å². The number of anilines is 1. The molecule has 1 heterocycles. The molecule has 3 atom stereocenters. The largest absolute Gasteiger partial charge is 0.492 e. The number of ether oxygens (including phenoxy) is 3. The number of aliphatic hydroxyl groups excluding tert-OH is 1. The van der Waals surface area contributed by atoms with Gasteiger partial charge in [0.1, 0.15) is 11.6 Å². The van der Waals surface area contributed by atoms with Gasteiger partial charge < -0.3 is 24.2 Å². The van der Waals surface area contributed by atoms with Crippen molar-refractivity contribution in [1.29, 1.82) is 0 Å². The number of hydrogen-bond donors (Lipinski definition) is 1. The molecule has 1 N–H and O–H groups in total. The fourth-order valence-corrected chi connectivity index (χ4v) is 6.55. The predicted molar refractivity (Wildman–Crippen MR) is 145 cm³/mol. The molecular weight excluding hydrogens is 527 g/mol. The third-order valence-electron chi connectivity index (χ3n) is 7.29. The molecule has 2 aliphatic rings. The second-order valence-electron chi connectivity index (χ2n) is 9.56. The summed E-state index contributed by atoms with van der Waals surface area (Å²) in [6.45, 7) is 7.02. The molecule has 1 aliphatic heterocycles. The molecule has 0 bridgehead atoms. The minimum absolute atomic E-state index is 0.00718. The fraction of sp³-hybridized carbons (Fsp3) is 0.464. The van der Waals surface area contributed by atoms with E-state index in [0.717, 1.165) is 56.9 Å². The van der Waals surface area contributed by atoms with Crippen LogP contribution in [-0.4, -0.2) is 65.0 Å². The number of benzene rings is 2. The zero-order chi connectivity index (χ0) is 28.3. The zero-order valence-corrected chi connectivity index (χ0v) is 23.4. The molecule has 2 aromatic carbocycles. The molecule has 11 heteroatoms. The number of carbonyl (C=O) groups is 1. The van der Waals surface area contributed by atoms with Gasteiger partial charge in [0.25, 0.3) is 10.0 Å². The Morgan fingerprint density at radius 2 is 1.97 bits per heavy atom. The quantitative estimate of drug-likeness (QED) is 0.394. The van der Waals surface area contributed by atoms with E-state index in [-0.39, 0.29) is 27.6 Å². The van der Waals surface area contributed by atoms with Gasteiger partial charge >= 0.3 is 6.09 Å². The zero-order valence-electron chi connectivity index (χ0n) is 22.6. The highest BCUT2D eigenvalue weighted by atomic mass is 32.2. The maximum absolute atomic E-state index is 14.3. The summed E-state index contributed by atoms with van der Waals surface area (Å²) in [6.07, 6.45) is 2.05. The van der Waals surface area contributed by atoms with E-state index in [9.17, 15) is 22.7 Å². The summed E-state index contributed by atoms with van der Waals surface area (Å²) in [7, 11) is -2.35. The van der Waals surface area contributed by atoms with Crippen LogP contribution in [0.2, 0.25) is 0 Å². The lowest BCUT2D eigenvalue weighted by Gasteiger charge is -2.29. The molecule has 1 aliphatic carbocycles. The van der Waals surface area contributed by atoms with E-state index in [1.807, 2.05) is 0 Å². The van der Waals surface area contributed by atoms with Crippen molar-refractivity contribution in [2.75, 3.05) is 44.8 Å². The summed E-state index contributed by atoms with van der Waals surface area (Å²) in [6, 6.07) is 6.37. The van der Waals surface area contributed by atoms with Gasteiger partial charge in [-0.2, -0.15) is 4.31 Å². The average molecular weight is 563 g/mol. The molecule has 0 aromatic heterocycles. The molecule has 212 valence electrons. The highest BCUT2D eigenvalue weighted by Gasteiger charge is 2.46. The van der Waals surface area contributed by atoms with E-state index in [1.165, 1.54) is 19.3 Å². The van der Waals surface area contributed by atoms with Gasteiger partial charge in [-0.3, -0.25) is 0 Å². The molecule has 1 saturated carbocycles. The molecule has 4 rings (SSSR count). The Morgan fingerprint density at radius 3 is 2.64 bits per heavy atom. The molecule has 0 spiro atoms. The fourth-order valence-electron chi connectivity index (χ4n) is 4.99. The van der Waals surface area contributed by atoms with Gasteiger partial charge in [-0.15, -0.1) is 0 Å². The Labute approximate surface area is 228 Å². The van der Waals surface area contributed by atoms with E-state index < -0.39 is 28.2 Å². The number of sulfonamides is 1. The van der Waals surface area contributed by atoms with Crippen LogP contribution in [0.4, 0.5) is 14.9 Å². The summed E-state index contributed by atoms with van der Waals surface area (Å²) >= 11 is 0. The second kappa shape index (κ2) is 12.0. The number of amides is 1. The van der Waals surface area contributed by atoms with E-state index in [2.05, 4.69) is 18.7 Å². The van der Waals surface area contributed by atoms with Crippen LogP contribution in [0.3, 0.4) is 0 Å². The summed E-state index contributed by atoms with van der Waals surface area (Å²) in [4.78, 5) is 15.0. The van der Waals surface area contributed by atoms with Gasteiger partial charge in [0.05, 0.1) is 29.9 Å². The minimum Gasteiger partial charge on any atom is -0.492 e. The molecule has 9 nitrogen and oxygen atoms in total. The first-order valence-electron chi connectivity index (χ1n) is 13.0. The Bertz CT molecular complexity index is 1340. The first-order chi connectivity index (χ1) is 18.7. The Morgan fingerprint density at radius 1 is 1.23 bits per heavy atom. The molecule has 2 aromatic rings. The standard InChI is InChI=1S/C28H35FN2O7S/c1-5-30(6-2)14-8-7-9-18-15-20(29)10-13-24(18)39(34,35)31(28(33)37-4)23-12-11-21-22-16-19(22)17-38-26(21)25(23)27(32)36-3/h7,9-13,15,19,22,27,32H,5-6,8,14,16-17H2,1-4H3/b9-7-. The van der Waals surface area contributed by atoms with Gasteiger partial charge in [0.2, 0.25) is 0 Å². The van der Waals surface area contributed by atoms with Crippen molar-refractivity contribution in [3.63, 3.8) is 0 Å². The Balaban J connectivity index is 1.81. The summed E-state index contributed by atoms with van der Waals surface area (Å²) in [5.41, 5.74) is 0.733. The topological polar surface area (TPSA) is 106 Å². The van der Waals surface area contributed by atoms with Gasteiger partial charge in [0, 0.05) is 19.6 Å². The number of halogens is 1. The van der Waals surface area contributed by atoms with Crippen molar-refractivity contribution in [1.82, 2.24) is 4.90 Å². The van der Waals surface area contributed by atoms with E-state index in [1.54, 1.807) is 12.1 Å². The molecule has 0 saturated heterocycles. The van der Waals surface area contributed by atoms with E-state index in [0.29, 0.717) is 29.0 Å².